The fourth-order valence-corrected chi connectivity index (χ4v) is 9.31. The molecule has 0 bridgehead atoms. The molecule has 73 heavy (non-hydrogen) atoms. The van der Waals surface area contributed by atoms with Crippen molar-refractivity contribution in [2.45, 2.75) is 138 Å². The first-order chi connectivity index (χ1) is 40.8. The first kappa shape index (κ1) is 34.4. The number of para-hydroxylation sites is 1. The van der Waals surface area contributed by atoms with Crippen molar-refractivity contribution < 1.29 is 27.0 Å². The Morgan fingerprint density at radius 2 is 1.11 bits per heavy atom. The monoisotopic (exact) mass is 978 g/mol. The molecule has 0 fully saturated rings. The maximum Gasteiger partial charge on any atom is 0.149 e. The summed E-state index contributed by atoms with van der Waals surface area (Å²) >= 11 is 0. The van der Waals surface area contributed by atoms with Crippen molar-refractivity contribution in [3.63, 3.8) is 0 Å². The highest BCUT2D eigenvalue weighted by molar-refractivity contribution is 5.98. The van der Waals surface area contributed by atoms with Gasteiger partial charge in [-0.15, -0.1) is 0 Å². The van der Waals surface area contributed by atoms with Crippen molar-refractivity contribution in [2.75, 3.05) is 0 Å². The first-order valence-corrected chi connectivity index (χ1v) is 24.8. The van der Waals surface area contributed by atoms with Crippen LogP contribution in [0.2, 0.25) is 0 Å². The second kappa shape index (κ2) is 18.5. The number of aromatic nitrogens is 3. The van der Waals surface area contributed by atoms with Crippen LogP contribution in [0.25, 0.3) is 83.9 Å². The lowest BCUT2D eigenvalue weighted by atomic mass is 9.79. The van der Waals surface area contributed by atoms with Gasteiger partial charge < -0.3 is 5.11 Å². The summed E-state index contributed by atoms with van der Waals surface area (Å²) < 4.78 is 142. The third-order valence-corrected chi connectivity index (χ3v) is 13.7. The Morgan fingerprint density at radius 3 is 1.74 bits per heavy atom. The first-order valence-electron chi connectivity index (χ1n) is 32.8. The number of aromatic hydroxyl groups is 1. The van der Waals surface area contributed by atoms with Gasteiger partial charge in [-0.25, -0.2) is 4.98 Å². The molecule has 0 radical (unpaired) electrons. The van der Waals surface area contributed by atoms with Crippen LogP contribution in [-0.2, 0) is 27.1 Å². The molecule has 7 aromatic carbocycles. The second-order valence-electron chi connectivity index (χ2n) is 23.5. The topological polar surface area (TPSA) is 50.9 Å². The number of pyridine rings is 1. The Morgan fingerprint density at radius 1 is 0.479 bits per heavy atom. The molecule has 0 saturated heterocycles. The van der Waals surface area contributed by atoms with Crippen LogP contribution in [0, 0.1) is 6.92 Å². The number of imidazole rings is 1. The maximum absolute atomic E-state index is 12.8. The van der Waals surface area contributed by atoms with Gasteiger partial charge >= 0.3 is 0 Å². The number of phenols is 1. The van der Waals surface area contributed by atoms with Gasteiger partial charge in [0, 0.05) is 40.8 Å². The number of hydrogen-bond acceptors (Lipinski definition) is 3. The molecule has 0 amide bonds. The Labute approximate surface area is 458 Å². The highest BCUT2D eigenvalue weighted by atomic mass is 16.3. The van der Waals surface area contributed by atoms with Gasteiger partial charge in [0.1, 0.15) is 11.6 Å². The van der Waals surface area contributed by atoms with Gasteiger partial charge in [-0.2, -0.15) is 0 Å². The predicted molar refractivity (Wildman–Crippen MR) is 311 cm³/mol. The molecule has 1 N–H and O–H groups in total. The lowest BCUT2D eigenvalue weighted by Crippen LogP contribution is -2.17. The van der Waals surface area contributed by atoms with Crippen molar-refractivity contribution in [1.82, 2.24) is 14.5 Å². The molecule has 0 unspecified atom stereocenters. The van der Waals surface area contributed by atoms with Gasteiger partial charge in [0.25, 0.3) is 0 Å². The quantitative estimate of drug-likeness (QED) is 0.173. The Kier molecular flexibility index (Phi) is 8.70. The molecule has 9 aromatic rings. The van der Waals surface area contributed by atoms with Crippen molar-refractivity contribution in [3.8, 4) is 78.6 Å². The zero-order valence-electron chi connectivity index (χ0n) is 60.3. The number of nitrogens with zero attached hydrogens (tertiary/aromatic N) is 3. The molecule has 0 saturated carbocycles. The molecule has 4 heteroatoms. The Bertz CT molecular complexity index is 4220. The van der Waals surface area contributed by atoms with Crippen LogP contribution in [0.1, 0.15) is 159 Å². The van der Waals surface area contributed by atoms with E-state index in [0.29, 0.717) is 33.5 Å². The molecule has 0 aliphatic heterocycles. The van der Waals surface area contributed by atoms with Crippen LogP contribution in [0.3, 0.4) is 0 Å². The van der Waals surface area contributed by atoms with Crippen molar-refractivity contribution >= 4 is 11.0 Å². The number of rotatable bonds is 7. The number of aryl methyl sites for hydroxylation is 1. The fraction of sp³-hybridized carbons (Fsp3) is 0.304. The van der Waals surface area contributed by atoms with Crippen LogP contribution in [0.15, 0.2) is 158 Å². The smallest absolute Gasteiger partial charge is 0.149 e. The van der Waals surface area contributed by atoms with Crippen LogP contribution in [0.5, 0.6) is 5.75 Å². The highest BCUT2D eigenvalue weighted by Gasteiger charge is 2.30. The maximum atomic E-state index is 12.8. The van der Waals surface area contributed by atoms with E-state index in [1.807, 2.05) is 69.3 Å². The van der Waals surface area contributed by atoms with Gasteiger partial charge in [0.05, 0.1) is 37.6 Å². The standard InChI is InChI=1S/C69H75N3O/c1-43-35-61(56(45-21-18-17-19-22-45)42-55(43)46-27-31-51(32-28-46)66(5,6)7)72-60-24-20-23-54(62(60)71-64(72)57-40-53(68(11,12)13)41-58(63(57)73)69(14,15)16)48-36-49(38-52(37-48)67(8,9)10)59-39-47(33-34-70-59)44-25-29-50(30-26-44)65(2,3)4/h17-42,73H,1-16H3/i2D3,3D3,4D3,25D,26D,29D,30D,33D,34D,39D. The summed E-state index contributed by atoms with van der Waals surface area (Å²) in [4.78, 5) is 10.1. The van der Waals surface area contributed by atoms with E-state index < -0.39 is 95.9 Å². The Hall–Kier alpha value is -7.04. The van der Waals surface area contributed by atoms with Gasteiger partial charge in [0.2, 0.25) is 0 Å². The third-order valence-electron chi connectivity index (χ3n) is 13.7. The highest BCUT2D eigenvalue weighted by Crippen LogP contribution is 2.47. The van der Waals surface area contributed by atoms with E-state index in [0.717, 1.165) is 50.2 Å². The molecule has 2 heterocycles. The molecule has 372 valence electrons. The molecular formula is C69H75N3O. The molecular weight excluding hydrogens is 887 g/mol. The lowest BCUT2D eigenvalue weighted by molar-refractivity contribution is 0.446. The van der Waals surface area contributed by atoms with Crippen LogP contribution < -0.4 is 0 Å². The second-order valence-corrected chi connectivity index (χ2v) is 23.5. The Balaban J connectivity index is 1.37. The minimum absolute atomic E-state index is 0.0529. The van der Waals surface area contributed by atoms with Crippen LogP contribution in [-0.4, -0.2) is 19.6 Å². The average molecular weight is 978 g/mol. The van der Waals surface area contributed by atoms with Crippen molar-refractivity contribution in [3.05, 3.63) is 191 Å². The van der Waals surface area contributed by atoms with Crippen LogP contribution >= 0.6 is 0 Å². The molecule has 0 atom stereocenters. The summed E-state index contributed by atoms with van der Waals surface area (Å²) in [5.74, 6) is 0.530. The zero-order chi connectivity index (χ0) is 66.2. The van der Waals surface area contributed by atoms with Gasteiger partial charge in [-0.05, 0) is 144 Å². The average Bonchev–Trinajstić information content (AvgIpc) is 0.942. The van der Waals surface area contributed by atoms with E-state index in [1.54, 1.807) is 12.1 Å². The van der Waals surface area contributed by atoms with Gasteiger partial charge in [-0.1, -0.05) is 207 Å². The summed E-state index contributed by atoms with van der Waals surface area (Å²) in [6.45, 7) is 15.4. The third kappa shape index (κ3) is 10.2. The van der Waals surface area contributed by atoms with Crippen molar-refractivity contribution in [2.24, 2.45) is 0 Å². The summed E-state index contributed by atoms with van der Waals surface area (Å²) in [5, 5.41) is 12.8. The number of phenolic OH excluding ortho intramolecular Hbond substituents is 1. The van der Waals surface area contributed by atoms with E-state index in [1.165, 1.54) is 5.56 Å². The molecule has 0 aliphatic carbocycles. The van der Waals surface area contributed by atoms with E-state index in [4.69, 9.17) is 22.8 Å². The normalized spacial score (nSPS) is 16.4. The van der Waals surface area contributed by atoms with Crippen molar-refractivity contribution in [1.29, 1.82) is 0 Å². The fourth-order valence-electron chi connectivity index (χ4n) is 9.31. The van der Waals surface area contributed by atoms with E-state index in [-0.39, 0.29) is 27.8 Å². The molecule has 9 rings (SSSR count). The number of fused-ring (bicyclic) bond motifs is 1. The number of hydrogen-bond donors (Lipinski definition) is 1. The summed E-state index contributed by atoms with van der Waals surface area (Å²) in [6, 6.07) is 32.4. The minimum atomic E-state index is -3.93. The molecule has 0 spiro atoms. The lowest BCUT2D eigenvalue weighted by Gasteiger charge is -2.28. The summed E-state index contributed by atoms with van der Waals surface area (Å²) in [6.07, 6.45) is -0.730. The SMILES string of the molecule is [2H]c1nc(-c2cc(-c3cccc4c3nc(-c3cc(C(C)(C)C)cc(C(C)(C)C)c3O)n4-c3cc(C)c(-c4ccc(C(C)(C)C)cc4)cc3-c3ccccc3)cc(C(C)(C)C)c2)c([2H])c(-c2c([2H])c([2H])c(C(C([2H])([2H])[2H])(C([2H])([2H])[2H])C([2H])([2H])[2H])c([2H])c2[2H])c1[2H]. The predicted octanol–water partition coefficient (Wildman–Crippen LogP) is 18.9. The van der Waals surface area contributed by atoms with E-state index in [2.05, 4.69) is 133 Å². The zero-order valence-corrected chi connectivity index (χ0v) is 44.3. The minimum Gasteiger partial charge on any atom is -0.507 e. The van der Waals surface area contributed by atoms with E-state index >= 15 is 0 Å². The largest absolute Gasteiger partial charge is 0.507 e. The molecule has 2 aromatic heterocycles. The number of benzene rings is 7. The molecule has 4 nitrogen and oxygen atoms in total. The molecule has 0 aliphatic rings. The van der Waals surface area contributed by atoms with Gasteiger partial charge in [0.15, 0.2) is 0 Å². The summed E-state index contributed by atoms with van der Waals surface area (Å²) in [7, 11) is 0. The van der Waals surface area contributed by atoms with E-state index in [9.17, 15) is 9.22 Å². The summed E-state index contributed by atoms with van der Waals surface area (Å²) in [5.41, 5.74) is 4.11. The van der Waals surface area contributed by atoms with Crippen LogP contribution in [0.4, 0.5) is 0 Å². The van der Waals surface area contributed by atoms with Gasteiger partial charge in [-0.3, -0.25) is 9.55 Å².